The number of likely N-dealkylation sites (N-methyl/N-ethyl adjacent to an activating group) is 1. The van der Waals surface area contributed by atoms with Gasteiger partial charge in [0.1, 0.15) is 6.04 Å². The van der Waals surface area contributed by atoms with E-state index in [2.05, 4.69) is 16.7 Å². The molecule has 2 N–H and O–H groups in total. The van der Waals surface area contributed by atoms with E-state index in [0.29, 0.717) is 6.04 Å². The number of amides is 1. The molecule has 0 aromatic carbocycles. The normalized spacial score (nSPS) is 37.4. The minimum absolute atomic E-state index is 0.0364. The van der Waals surface area contributed by atoms with E-state index in [0.717, 1.165) is 19.6 Å². The third-order valence-electron chi connectivity index (χ3n) is 3.39. The number of hydrogen-bond acceptors (Lipinski definition) is 3. The lowest BCUT2D eigenvalue weighted by Gasteiger charge is -2.23. The molecule has 4 nitrogen and oxygen atoms in total. The zero-order valence-corrected chi connectivity index (χ0v) is 8.78. The summed E-state index contributed by atoms with van der Waals surface area (Å²) in [6.07, 6.45) is 2.57. The lowest BCUT2D eigenvalue weighted by molar-refractivity contribution is -0.118. The van der Waals surface area contributed by atoms with Crippen molar-refractivity contribution >= 4 is 5.91 Å². The fourth-order valence-electron chi connectivity index (χ4n) is 2.44. The highest BCUT2D eigenvalue weighted by atomic mass is 16.1. The van der Waals surface area contributed by atoms with Gasteiger partial charge in [-0.05, 0) is 25.9 Å². The average molecular weight is 197 g/mol. The monoisotopic (exact) mass is 197 g/mol. The smallest absolute Gasteiger partial charge is 0.236 e. The van der Waals surface area contributed by atoms with Gasteiger partial charge in [-0.2, -0.15) is 0 Å². The average Bonchev–Trinajstić information content (AvgIpc) is 2.76. The van der Waals surface area contributed by atoms with Crippen molar-refractivity contribution in [2.24, 2.45) is 5.73 Å². The van der Waals surface area contributed by atoms with Crippen LogP contribution in [0.15, 0.2) is 0 Å². The standard InChI is InChI=1S/C10H19N3O/c1-2-12-5-3-4-8(12)6-13-7-9(13)10(11)14/h8-9H,2-7H2,1H3,(H2,11,14). The molecule has 80 valence electrons. The molecular formula is C10H19N3O. The molecule has 2 fully saturated rings. The molecule has 1 amide bonds. The highest BCUT2D eigenvalue weighted by Gasteiger charge is 2.41. The summed E-state index contributed by atoms with van der Waals surface area (Å²) in [4.78, 5) is 15.5. The molecule has 2 aliphatic heterocycles. The largest absolute Gasteiger partial charge is 0.368 e. The maximum atomic E-state index is 10.9. The lowest BCUT2D eigenvalue weighted by Crippen LogP contribution is -2.36. The van der Waals surface area contributed by atoms with Crippen LogP contribution in [0, 0.1) is 0 Å². The zero-order valence-electron chi connectivity index (χ0n) is 8.78. The number of primary amides is 1. The van der Waals surface area contributed by atoms with Crippen molar-refractivity contribution in [3.8, 4) is 0 Å². The first-order valence-electron chi connectivity index (χ1n) is 5.49. The number of likely N-dealkylation sites (tertiary alicyclic amines) is 1. The van der Waals surface area contributed by atoms with Crippen LogP contribution in [0.5, 0.6) is 0 Å². The summed E-state index contributed by atoms with van der Waals surface area (Å²) < 4.78 is 0. The van der Waals surface area contributed by atoms with Crippen LogP contribution in [-0.2, 0) is 4.79 Å². The second kappa shape index (κ2) is 3.87. The highest BCUT2D eigenvalue weighted by Crippen LogP contribution is 2.23. The van der Waals surface area contributed by atoms with Gasteiger partial charge in [-0.3, -0.25) is 14.6 Å². The first-order chi connectivity index (χ1) is 6.72. The number of carbonyl (C=O) groups excluding carboxylic acids is 1. The lowest BCUT2D eigenvalue weighted by atomic mass is 10.2. The molecule has 2 saturated heterocycles. The fourth-order valence-corrected chi connectivity index (χ4v) is 2.44. The van der Waals surface area contributed by atoms with Gasteiger partial charge >= 0.3 is 0 Å². The first-order valence-corrected chi connectivity index (χ1v) is 5.49. The van der Waals surface area contributed by atoms with E-state index in [1.165, 1.54) is 19.4 Å². The van der Waals surface area contributed by atoms with Gasteiger partial charge in [0.05, 0.1) is 0 Å². The molecule has 14 heavy (non-hydrogen) atoms. The van der Waals surface area contributed by atoms with Crippen molar-refractivity contribution in [1.82, 2.24) is 9.80 Å². The second-order valence-corrected chi connectivity index (χ2v) is 4.30. The maximum Gasteiger partial charge on any atom is 0.236 e. The summed E-state index contributed by atoms with van der Waals surface area (Å²) in [5.74, 6) is -0.161. The molecule has 3 atom stereocenters. The number of carbonyl (C=O) groups is 1. The Bertz CT molecular complexity index is 231. The maximum absolute atomic E-state index is 10.9. The molecule has 0 aromatic heterocycles. The van der Waals surface area contributed by atoms with Crippen molar-refractivity contribution in [3.05, 3.63) is 0 Å². The number of rotatable bonds is 4. The number of hydrogen-bond donors (Lipinski definition) is 1. The molecule has 0 aliphatic carbocycles. The van der Waals surface area contributed by atoms with Gasteiger partial charge < -0.3 is 5.73 Å². The van der Waals surface area contributed by atoms with Crippen LogP contribution in [0.3, 0.4) is 0 Å². The summed E-state index contributed by atoms with van der Waals surface area (Å²) in [7, 11) is 0. The predicted molar refractivity (Wildman–Crippen MR) is 54.8 cm³/mol. The van der Waals surface area contributed by atoms with Gasteiger partial charge in [-0.1, -0.05) is 6.92 Å². The van der Waals surface area contributed by atoms with E-state index in [1.807, 2.05) is 0 Å². The third kappa shape index (κ3) is 1.91. The Balaban J connectivity index is 1.78. The summed E-state index contributed by atoms with van der Waals surface area (Å²) in [6, 6.07) is 0.693. The van der Waals surface area contributed by atoms with Crippen LogP contribution in [0.1, 0.15) is 19.8 Å². The Morgan fingerprint density at radius 3 is 2.86 bits per heavy atom. The van der Waals surface area contributed by atoms with Crippen molar-refractivity contribution in [1.29, 1.82) is 0 Å². The molecule has 0 saturated carbocycles. The number of nitrogens with zero attached hydrogens (tertiary/aromatic N) is 2. The molecular weight excluding hydrogens is 178 g/mol. The fraction of sp³-hybridized carbons (Fsp3) is 0.900. The first kappa shape index (κ1) is 9.93. The van der Waals surface area contributed by atoms with Crippen molar-refractivity contribution in [3.63, 3.8) is 0 Å². The van der Waals surface area contributed by atoms with E-state index in [1.54, 1.807) is 0 Å². The van der Waals surface area contributed by atoms with Crippen LogP contribution in [0.4, 0.5) is 0 Å². The Labute approximate surface area is 85.0 Å². The van der Waals surface area contributed by atoms with Crippen molar-refractivity contribution < 1.29 is 4.79 Å². The molecule has 2 rings (SSSR count). The van der Waals surface area contributed by atoms with Gasteiger partial charge in [-0.15, -0.1) is 0 Å². The Morgan fingerprint density at radius 2 is 2.29 bits per heavy atom. The second-order valence-electron chi connectivity index (χ2n) is 4.30. The van der Waals surface area contributed by atoms with Crippen molar-refractivity contribution in [2.75, 3.05) is 26.2 Å². The molecule has 0 aromatic rings. The molecule has 2 heterocycles. The quantitative estimate of drug-likeness (QED) is 0.626. The van der Waals surface area contributed by atoms with E-state index in [4.69, 9.17) is 5.73 Å². The third-order valence-corrected chi connectivity index (χ3v) is 3.39. The molecule has 2 aliphatic rings. The number of nitrogens with two attached hydrogens (primary N) is 1. The topological polar surface area (TPSA) is 49.3 Å². The summed E-state index contributed by atoms with van der Waals surface area (Å²) in [5.41, 5.74) is 5.24. The van der Waals surface area contributed by atoms with Gasteiger partial charge in [-0.25, -0.2) is 0 Å². The Kier molecular flexibility index (Phi) is 2.74. The Hall–Kier alpha value is -0.610. The van der Waals surface area contributed by atoms with Crippen LogP contribution in [0.25, 0.3) is 0 Å². The van der Waals surface area contributed by atoms with Gasteiger partial charge in [0.15, 0.2) is 0 Å². The van der Waals surface area contributed by atoms with Crippen LogP contribution >= 0.6 is 0 Å². The predicted octanol–water partition coefficient (Wildman–Crippen LogP) is -0.360. The molecule has 0 radical (unpaired) electrons. The highest BCUT2D eigenvalue weighted by molar-refractivity contribution is 5.82. The molecule has 0 bridgehead atoms. The van der Waals surface area contributed by atoms with Gasteiger partial charge in [0.2, 0.25) is 5.91 Å². The minimum Gasteiger partial charge on any atom is -0.368 e. The van der Waals surface area contributed by atoms with E-state index in [9.17, 15) is 4.79 Å². The summed E-state index contributed by atoms with van der Waals surface area (Å²) in [5, 5.41) is 0. The SMILES string of the molecule is CCN1CCCC1CN1CC1C(N)=O. The van der Waals surface area contributed by atoms with Gasteiger partial charge in [0.25, 0.3) is 0 Å². The van der Waals surface area contributed by atoms with Crippen LogP contribution in [-0.4, -0.2) is 54.0 Å². The summed E-state index contributed by atoms with van der Waals surface area (Å²) >= 11 is 0. The van der Waals surface area contributed by atoms with Gasteiger partial charge in [0, 0.05) is 19.1 Å². The summed E-state index contributed by atoms with van der Waals surface area (Å²) in [6.45, 7) is 6.45. The van der Waals surface area contributed by atoms with E-state index >= 15 is 0 Å². The van der Waals surface area contributed by atoms with E-state index < -0.39 is 0 Å². The van der Waals surface area contributed by atoms with E-state index in [-0.39, 0.29) is 11.9 Å². The van der Waals surface area contributed by atoms with Crippen LogP contribution in [0.2, 0.25) is 0 Å². The molecule has 0 spiro atoms. The van der Waals surface area contributed by atoms with Crippen LogP contribution < -0.4 is 5.73 Å². The zero-order chi connectivity index (χ0) is 10.1. The minimum atomic E-state index is -0.161. The van der Waals surface area contributed by atoms with Crippen molar-refractivity contribution in [2.45, 2.75) is 31.8 Å². The molecule has 3 unspecified atom stereocenters. The molecule has 4 heteroatoms. The Morgan fingerprint density at radius 1 is 1.50 bits per heavy atom.